The maximum Gasteiger partial charge on any atom is 0.357 e. The summed E-state index contributed by atoms with van der Waals surface area (Å²) >= 11 is 0. The van der Waals surface area contributed by atoms with Crippen LogP contribution in [0.4, 0.5) is 0 Å². The molecule has 0 spiro atoms. The van der Waals surface area contributed by atoms with Crippen LogP contribution in [0.25, 0.3) is 0 Å². The Labute approximate surface area is 154 Å². The number of ether oxygens (including phenoxy) is 1. The fraction of sp³-hybridized carbons (Fsp3) is 0.727. The highest BCUT2D eigenvalue weighted by atomic mass is 16.6. The average molecular weight is 348 g/mol. The van der Waals surface area contributed by atoms with Gasteiger partial charge < -0.3 is 4.74 Å². The molecule has 0 bridgehead atoms. The number of aryl methyl sites for hydroxylation is 2. The normalized spacial score (nSPS) is 11.6. The van der Waals surface area contributed by atoms with Gasteiger partial charge in [-0.3, -0.25) is 0 Å². The second-order valence-electron chi connectivity index (χ2n) is 7.97. The highest BCUT2D eigenvalue weighted by Crippen LogP contribution is 2.19. The van der Waals surface area contributed by atoms with Gasteiger partial charge >= 0.3 is 5.97 Å². The third-order valence-corrected chi connectivity index (χ3v) is 4.23. The van der Waals surface area contributed by atoms with E-state index in [0.717, 1.165) is 24.8 Å². The van der Waals surface area contributed by atoms with E-state index in [0.29, 0.717) is 5.69 Å². The van der Waals surface area contributed by atoms with Crippen LogP contribution in [0.5, 0.6) is 0 Å². The zero-order chi connectivity index (χ0) is 18.7. The molecule has 0 saturated heterocycles. The first-order valence-corrected chi connectivity index (χ1v) is 10.1. The summed E-state index contributed by atoms with van der Waals surface area (Å²) in [6, 6.07) is 2.18. The van der Waals surface area contributed by atoms with E-state index in [9.17, 15) is 4.79 Å². The average Bonchev–Trinajstić information content (AvgIpc) is 2.54. The molecule has 0 aliphatic carbocycles. The van der Waals surface area contributed by atoms with Crippen LogP contribution in [0.1, 0.15) is 108 Å². The minimum Gasteiger partial charge on any atom is -0.455 e. The molecule has 0 aromatic carbocycles. The minimum absolute atomic E-state index is 0.296. The zero-order valence-corrected chi connectivity index (χ0v) is 17.0. The van der Waals surface area contributed by atoms with Gasteiger partial charge in [-0.25, -0.2) is 9.78 Å². The van der Waals surface area contributed by atoms with Gasteiger partial charge in [0.25, 0.3) is 0 Å². The molecule has 0 radical (unpaired) electrons. The lowest BCUT2D eigenvalue weighted by Crippen LogP contribution is -2.25. The number of carbonyl (C=O) groups is 1. The van der Waals surface area contributed by atoms with E-state index >= 15 is 0 Å². The summed E-state index contributed by atoms with van der Waals surface area (Å²) in [5.74, 6) is -0.296. The highest BCUT2D eigenvalue weighted by Gasteiger charge is 2.21. The monoisotopic (exact) mass is 347 g/mol. The minimum atomic E-state index is -0.489. The fourth-order valence-electron chi connectivity index (χ4n) is 2.90. The second-order valence-corrected chi connectivity index (χ2v) is 7.97. The molecule has 0 aliphatic rings. The second kappa shape index (κ2) is 11.3. The number of rotatable bonds is 11. The van der Waals surface area contributed by atoms with E-state index < -0.39 is 5.60 Å². The summed E-state index contributed by atoms with van der Waals surface area (Å²) in [6.07, 6.45) is 13.6. The van der Waals surface area contributed by atoms with Gasteiger partial charge in [-0.2, -0.15) is 0 Å². The van der Waals surface area contributed by atoms with Crippen molar-refractivity contribution in [2.75, 3.05) is 0 Å². The van der Waals surface area contributed by atoms with E-state index in [4.69, 9.17) is 4.74 Å². The van der Waals surface area contributed by atoms with Crippen molar-refractivity contribution in [2.24, 2.45) is 0 Å². The van der Waals surface area contributed by atoms with Crippen molar-refractivity contribution in [2.45, 2.75) is 104 Å². The van der Waals surface area contributed by atoms with E-state index in [-0.39, 0.29) is 5.97 Å². The van der Waals surface area contributed by atoms with Crippen molar-refractivity contribution < 1.29 is 9.53 Å². The van der Waals surface area contributed by atoms with Crippen LogP contribution in [0.2, 0.25) is 0 Å². The Hall–Kier alpha value is -1.38. The number of unbranched alkanes of at least 4 members (excludes halogenated alkanes) is 6. The van der Waals surface area contributed by atoms with Crippen molar-refractivity contribution in [3.8, 4) is 0 Å². The first kappa shape index (κ1) is 21.7. The molecule has 0 fully saturated rings. The van der Waals surface area contributed by atoms with Gasteiger partial charge in [0.05, 0.1) is 0 Å². The van der Waals surface area contributed by atoms with Gasteiger partial charge in [0, 0.05) is 6.20 Å². The summed E-state index contributed by atoms with van der Waals surface area (Å²) in [7, 11) is 0. The van der Waals surface area contributed by atoms with Crippen LogP contribution in [-0.2, 0) is 17.6 Å². The van der Waals surface area contributed by atoms with E-state index in [1.54, 1.807) is 0 Å². The van der Waals surface area contributed by atoms with Crippen LogP contribution >= 0.6 is 0 Å². The van der Waals surface area contributed by atoms with Gasteiger partial charge in [0.15, 0.2) is 5.69 Å². The first-order valence-electron chi connectivity index (χ1n) is 10.1. The predicted octanol–water partition coefficient (Wildman–Crippen LogP) is 6.28. The Morgan fingerprint density at radius 2 is 1.56 bits per heavy atom. The molecule has 3 nitrogen and oxygen atoms in total. The summed E-state index contributed by atoms with van der Waals surface area (Å²) in [6.45, 7) is 10.1. The van der Waals surface area contributed by atoms with E-state index in [2.05, 4.69) is 24.9 Å². The summed E-state index contributed by atoms with van der Waals surface area (Å²) < 4.78 is 5.54. The molecule has 25 heavy (non-hydrogen) atoms. The highest BCUT2D eigenvalue weighted by molar-refractivity contribution is 5.89. The van der Waals surface area contributed by atoms with Gasteiger partial charge in [-0.1, -0.05) is 58.4 Å². The SMILES string of the molecule is CCCCCCc1cnc(C(=O)OC(C)(C)C)c(CCCCCC)c1. The topological polar surface area (TPSA) is 39.2 Å². The van der Waals surface area contributed by atoms with Crippen molar-refractivity contribution in [3.63, 3.8) is 0 Å². The van der Waals surface area contributed by atoms with Crippen LogP contribution < -0.4 is 0 Å². The van der Waals surface area contributed by atoms with Gasteiger partial charge in [0.1, 0.15) is 5.60 Å². The van der Waals surface area contributed by atoms with Crippen molar-refractivity contribution in [3.05, 3.63) is 29.1 Å². The first-order chi connectivity index (χ1) is 11.9. The van der Waals surface area contributed by atoms with Crippen molar-refractivity contribution in [1.29, 1.82) is 0 Å². The van der Waals surface area contributed by atoms with Crippen molar-refractivity contribution >= 4 is 5.97 Å². The Morgan fingerprint density at radius 1 is 0.960 bits per heavy atom. The van der Waals surface area contributed by atoms with Gasteiger partial charge in [0.2, 0.25) is 0 Å². The van der Waals surface area contributed by atoms with Crippen molar-refractivity contribution in [1.82, 2.24) is 4.98 Å². The summed E-state index contributed by atoms with van der Waals surface area (Å²) in [5, 5.41) is 0. The van der Waals surface area contributed by atoms with Crippen LogP contribution in [0, 0.1) is 0 Å². The molecule has 142 valence electrons. The fourth-order valence-corrected chi connectivity index (χ4v) is 2.90. The number of aromatic nitrogens is 1. The Balaban J connectivity index is 2.83. The molecule has 0 saturated carbocycles. The molecule has 0 atom stereocenters. The molecule has 0 aliphatic heterocycles. The number of hydrogen-bond acceptors (Lipinski definition) is 3. The lowest BCUT2D eigenvalue weighted by molar-refractivity contribution is 0.00615. The van der Waals surface area contributed by atoms with Crippen LogP contribution in [0.3, 0.4) is 0 Å². The Morgan fingerprint density at radius 3 is 2.12 bits per heavy atom. The third kappa shape index (κ3) is 9.04. The Kier molecular flexibility index (Phi) is 9.77. The lowest BCUT2D eigenvalue weighted by Gasteiger charge is -2.20. The van der Waals surface area contributed by atoms with Gasteiger partial charge in [-0.15, -0.1) is 0 Å². The number of esters is 1. The smallest absolute Gasteiger partial charge is 0.357 e. The standard InChI is InChI=1S/C22H37NO2/c1-6-8-10-12-14-18-16-19(15-13-11-9-7-2)20(23-17-18)21(24)25-22(3,4)5/h16-17H,6-15H2,1-5H3. The maximum atomic E-state index is 12.5. The number of nitrogens with zero attached hydrogens (tertiary/aromatic N) is 1. The molecular weight excluding hydrogens is 310 g/mol. The number of hydrogen-bond donors (Lipinski definition) is 0. The molecule has 0 N–H and O–H groups in total. The molecular formula is C22H37NO2. The van der Waals surface area contributed by atoms with Crippen LogP contribution in [-0.4, -0.2) is 16.6 Å². The number of carbonyl (C=O) groups excluding carboxylic acids is 1. The van der Waals surface area contributed by atoms with E-state index in [1.165, 1.54) is 50.5 Å². The molecule has 3 heteroatoms. The van der Waals surface area contributed by atoms with Crippen LogP contribution in [0.15, 0.2) is 12.3 Å². The largest absolute Gasteiger partial charge is 0.455 e. The quantitative estimate of drug-likeness (QED) is 0.349. The molecule has 0 amide bonds. The molecule has 0 unspecified atom stereocenters. The molecule has 1 rings (SSSR count). The number of pyridine rings is 1. The molecule has 1 heterocycles. The summed E-state index contributed by atoms with van der Waals surface area (Å²) in [4.78, 5) is 17.0. The molecule has 1 aromatic rings. The third-order valence-electron chi connectivity index (χ3n) is 4.23. The Bertz CT molecular complexity index is 517. The molecule has 1 aromatic heterocycles. The van der Waals surface area contributed by atoms with E-state index in [1.807, 2.05) is 27.0 Å². The summed E-state index contributed by atoms with van der Waals surface area (Å²) in [5.41, 5.74) is 2.31. The zero-order valence-electron chi connectivity index (χ0n) is 17.0. The maximum absolute atomic E-state index is 12.5. The van der Waals surface area contributed by atoms with Gasteiger partial charge in [-0.05, 0) is 57.6 Å². The lowest BCUT2D eigenvalue weighted by atomic mass is 10.0. The predicted molar refractivity (Wildman–Crippen MR) is 105 cm³/mol.